The highest BCUT2D eigenvalue weighted by atomic mass is 35.5. The Hall–Kier alpha value is -2.08. The van der Waals surface area contributed by atoms with Crippen LogP contribution >= 0.6 is 11.6 Å². The number of urea groups is 1. The normalized spacial score (nSPS) is 22.1. The van der Waals surface area contributed by atoms with Crippen molar-refractivity contribution in [2.75, 3.05) is 0 Å². The summed E-state index contributed by atoms with van der Waals surface area (Å²) in [6.45, 7) is 1.74. The smallest absolute Gasteiger partial charge is 0.341 e. The van der Waals surface area contributed by atoms with Crippen LogP contribution in [0.2, 0.25) is 5.02 Å². The monoisotopic (exact) mass is 296 g/mol. The van der Waals surface area contributed by atoms with Gasteiger partial charge in [0.2, 0.25) is 0 Å². The van der Waals surface area contributed by atoms with Gasteiger partial charge in [0, 0.05) is 5.71 Å². The Morgan fingerprint density at radius 2 is 2.20 bits per heavy atom. The van der Waals surface area contributed by atoms with E-state index in [-0.39, 0.29) is 10.8 Å². The van der Waals surface area contributed by atoms with Gasteiger partial charge in [-0.05, 0) is 24.1 Å². The molecule has 0 saturated heterocycles. The highest BCUT2D eigenvalue weighted by molar-refractivity contribution is 6.32. The van der Waals surface area contributed by atoms with Crippen LogP contribution in [-0.2, 0) is 4.79 Å². The quantitative estimate of drug-likeness (QED) is 0.797. The zero-order chi connectivity index (χ0) is 14.9. The number of amides is 2. The Kier molecular flexibility index (Phi) is 3.94. The van der Waals surface area contributed by atoms with E-state index < -0.39 is 24.0 Å². The minimum Gasteiger partial charge on any atom is -0.506 e. The maximum atomic E-state index is 11.6. The maximum Gasteiger partial charge on any atom is 0.341 e. The third kappa shape index (κ3) is 2.60. The lowest BCUT2D eigenvalue weighted by Gasteiger charge is -2.29. The van der Waals surface area contributed by atoms with Crippen molar-refractivity contribution in [3.05, 3.63) is 28.8 Å². The number of nitrogens with zero attached hydrogens (tertiary/aromatic N) is 1. The second-order valence-electron chi connectivity index (χ2n) is 4.41. The average molecular weight is 297 g/mol. The van der Waals surface area contributed by atoms with E-state index in [0.29, 0.717) is 17.7 Å². The van der Waals surface area contributed by atoms with Crippen LogP contribution in [0, 0.1) is 5.92 Å². The van der Waals surface area contributed by atoms with Crippen LogP contribution in [0.5, 0.6) is 5.75 Å². The average Bonchev–Trinajstić information content (AvgIpc) is 2.40. The van der Waals surface area contributed by atoms with Crippen LogP contribution in [0.1, 0.15) is 24.9 Å². The molecule has 3 N–H and O–H groups in total. The number of phenolic OH excluding ortho intramolecular Hbond substituents is 1. The molecule has 20 heavy (non-hydrogen) atoms. The number of phenols is 1. The molecule has 1 aliphatic heterocycles. The first-order chi connectivity index (χ1) is 9.43. The Labute approximate surface area is 120 Å². The fraction of sp³-hybridized carbons (Fsp3) is 0.308. The van der Waals surface area contributed by atoms with Crippen molar-refractivity contribution in [1.82, 2.24) is 5.32 Å². The molecule has 2 amide bonds. The van der Waals surface area contributed by atoms with Gasteiger partial charge in [-0.2, -0.15) is 0 Å². The molecule has 1 aliphatic rings. The first-order valence-corrected chi connectivity index (χ1v) is 6.41. The third-order valence-electron chi connectivity index (χ3n) is 3.18. The van der Waals surface area contributed by atoms with Crippen molar-refractivity contribution in [1.29, 1.82) is 0 Å². The lowest BCUT2D eigenvalue weighted by molar-refractivity contribution is -0.140. The largest absolute Gasteiger partial charge is 0.506 e. The number of aromatic hydroxyl groups is 1. The molecule has 0 spiro atoms. The summed E-state index contributed by atoms with van der Waals surface area (Å²) in [5.41, 5.74) is 0.824. The summed E-state index contributed by atoms with van der Waals surface area (Å²) < 4.78 is 0. The summed E-state index contributed by atoms with van der Waals surface area (Å²) in [6, 6.07) is 3.00. The molecule has 0 fully saturated rings. The summed E-state index contributed by atoms with van der Waals surface area (Å²) in [6.07, 6.45) is 0.368. The third-order valence-corrected chi connectivity index (χ3v) is 3.48. The fourth-order valence-corrected chi connectivity index (χ4v) is 2.41. The molecule has 0 aliphatic carbocycles. The van der Waals surface area contributed by atoms with Crippen LogP contribution in [0.25, 0.3) is 0 Å². The van der Waals surface area contributed by atoms with Gasteiger partial charge in [-0.1, -0.05) is 24.6 Å². The summed E-state index contributed by atoms with van der Waals surface area (Å²) in [5.74, 6) is -2.12. The Morgan fingerprint density at radius 1 is 1.50 bits per heavy atom. The van der Waals surface area contributed by atoms with Crippen molar-refractivity contribution in [3.63, 3.8) is 0 Å². The molecule has 0 saturated carbocycles. The van der Waals surface area contributed by atoms with Crippen molar-refractivity contribution >= 4 is 29.3 Å². The number of nitrogens with one attached hydrogen (secondary N) is 1. The summed E-state index contributed by atoms with van der Waals surface area (Å²) >= 11 is 5.83. The molecule has 1 heterocycles. The van der Waals surface area contributed by atoms with Gasteiger partial charge in [0.15, 0.2) is 0 Å². The topological polar surface area (TPSA) is 99.0 Å². The number of carboxylic acid groups (broad SMARTS) is 1. The summed E-state index contributed by atoms with van der Waals surface area (Å²) in [5, 5.41) is 21.4. The molecule has 1 aromatic rings. The van der Waals surface area contributed by atoms with Gasteiger partial charge in [0.1, 0.15) is 11.7 Å². The molecule has 7 heteroatoms. The van der Waals surface area contributed by atoms with E-state index in [2.05, 4.69) is 10.3 Å². The van der Waals surface area contributed by atoms with Crippen LogP contribution in [-0.4, -0.2) is 27.9 Å². The second-order valence-corrected chi connectivity index (χ2v) is 4.82. The molecule has 6 nitrogen and oxygen atoms in total. The number of rotatable bonds is 3. The lowest BCUT2D eigenvalue weighted by Crippen LogP contribution is -2.44. The predicted octanol–water partition coefficient (Wildman–Crippen LogP) is 2.36. The van der Waals surface area contributed by atoms with Gasteiger partial charge in [-0.15, -0.1) is 0 Å². The Bertz CT molecular complexity index is 600. The van der Waals surface area contributed by atoms with Gasteiger partial charge >= 0.3 is 12.0 Å². The molecule has 1 aromatic carbocycles. The Balaban J connectivity index is 2.47. The molecular formula is C13H13ClN2O4. The van der Waals surface area contributed by atoms with E-state index in [4.69, 9.17) is 11.6 Å². The highest BCUT2D eigenvalue weighted by Crippen LogP contribution is 2.32. The Morgan fingerprint density at radius 3 is 2.75 bits per heavy atom. The van der Waals surface area contributed by atoms with Crippen LogP contribution in [0.15, 0.2) is 23.2 Å². The molecule has 2 atom stereocenters. The van der Waals surface area contributed by atoms with Gasteiger partial charge in [-0.25, -0.2) is 9.79 Å². The minimum atomic E-state index is -1.07. The van der Waals surface area contributed by atoms with E-state index in [1.807, 2.05) is 0 Å². The van der Waals surface area contributed by atoms with Gasteiger partial charge in [0.25, 0.3) is 0 Å². The number of carboxylic acids is 1. The maximum absolute atomic E-state index is 11.6. The fourth-order valence-electron chi connectivity index (χ4n) is 2.22. The number of aliphatic carboxylic acids is 1. The molecule has 106 valence electrons. The van der Waals surface area contributed by atoms with Crippen molar-refractivity contribution in [3.8, 4) is 5.75 Å². The molecule has 0 bridgehead atoms. The standard InChI is InChI=1S/C13H13ClN2O4/c1-2-8-10(12(18)19)11(16-13(20)15-8)6-3-4-9(17)7(14)5-6/h3-5,10-11,17H,2H2,1H3,(H,16,20)(H,18,19). The molecular weight excluding hydrogens is 284 g/mol. The zero-order valence-electron chi connectivity index (χ0n) is 10.6. The molecule has 0 aromatic heterocycles. The van der Waals surface area contributed by atoms with Gasteiger partial charge in [-0.3, -0.25) is 4.79 Å². The number of carbonyl (C=O) groups excluding carboxylic acids is 1. The minimum absolute atomic E-state index is 0.0986. The zero-order valence-corrected chi connectivity index (χ0v) is 11.4. The number of benzene rings is 1. The van der Waals surface area contributed by atoms with Gasteiger partial charge in [0.05, 0.1) is 11.1 Å². The van der Waals surface area contributed by atoms with E-state index in [1.54, 1.807) is 6.92 Å². The van der Waals surface area contributed by atoms with Crippen LogP contribution < -0.4 is 5.32 Å². The number of carbonyl (C=O) groups is 2. The molecule has 2 rings (SSSR count). The van der Waals surface area contributed by atoms with Gasteiger partial charge < -0.3 is 15.5 Å². The second kappa shape index (κ2) is 5.50. The number of halogens is 1. The van der Waals surface area contributed by atoms with E-state index in [0.717, 1.165) is 0 Å². The van der Waals surface area contributed by atoms with E-state index in [9.17, 15) is 19.8 Å². The van der Waals surface area contributed by atoms with Crippen molar-refractivity contribution < 1.29 is 19.8 Å². The number of hydrogen-bond donors (Lipinski definition) is 3. The number of aliphatic imine (C=N–C) groups is 1. The van der Waals surface area contributed by atoms with E-state index >= 15 is 0 Å². The first kappa shape index (κ1) is 14.3. The lowest BCUT2D eigenvalue weighted by atomic mass is 9.86. The van der Waals surface area contributed by atoms with Crippen LogP contribution in [0.3, 0.4) is 0 Å². The van der Waals surface area contributed by atoms with Crippen molar-refractivity contribution in [2.24, 2.45) is 10.9 Å². The van der Waals surface area contributed by atoms with E-state index in [1.165, 1.54) is 18.2 Å². The van der Waals surface area contributed by atoms with Crippen molar-refractivity contribution in [2.45, 2.75) is 19.4 Å². The predicted molar refractivity (Wildman–Crippen MR) is 73.2 cm³/mol. The van der Waals surface area contributed by atoms with Crippen LogP contribution in [0.4, 0.5) is 4.79 Å². The number of hydrogen-bond acceptors (Lipinski definition) is 3. The molecule has 2 unspecified atom stereocenters. The summed E-state index contributed by atoms with van der Waals surface area (Å²) in [7, 11) is 0. The highest BCUT2D eigenvalue weighted by Gasteiger charge is 2.38. The molecule has 0 radical (unpaired) electrons. The SMILES string of the molecule is CCC1=NC(=O)NC(c2ccc(O)c(Cl)c2)C1C(=O)O. The first-order valence-electron chi connectivity index (χ1n) is 6.03. The summed E-state index contributed by atoms with van der Waals surface area (Å²) in [4.78, 5) is 26.7.